The summed E-state index contributed by atoms with van der Waals surface area (Å²) in [6.45, 7) is 5.82. The number of aliphatic carboxylic acids is 1. The van der Waals surface area contributed by atoms with Gasteiger partial charge in [-0.05, 0) is 114 Å². The second-order valence-corrected chi connectivity index (χ2v) is 13.1. The van der Waals surface area contributed by atoms with E-state index in [1.165, 1.54) is 7.05 Å². The van der Waals surface area contributed by atoms with Crippen LogP contribution in [0.5, 0.6) is 11.5 Å². The largest absolute Gasteiger partial charge is 0.506 e. The van der Waals surface area contributed by atoms with E-state index in [1.807, 2.05) is 24.3 Å². The van der Waals surface area contributed by atoms with E-state index in [0.29, 0.717) is 39.5 Å². The molecule has 0 aromatic heterocycles. The number of aromatic hydroxyl groups is 1. The van der Waals surface area contributed by atoms with Gasteiger partial charge in [-0.1, -0.05) is 12.1 Å². The van der Waals surface area contributed by atoms with Gasteiger partial charge in [-0.25, -0.2) is 14.4 Å². The maximum atomic E-state index is 13.7. The normalized spacial score (nSPS) is 12.4. The first kappa shape index (κ1) is 37.7. The summed E-state index contributed by atoms with van der Waals surface area (Å²) < 4.78 is 11.2. The van der Waals surface area contributed by atoms with Crippen molar-refractivity contribution in [1.82, 2.24) is 20.9 Å². The highest BCUT2D eigenvalue weighted by Crippen LogP contribution is 2.33. The number of carboxylic acid groups (broad SMARTS) is 1. The maximum Gasteiger partial charge on any atom is 0.407 e. The smallest absolute Gasteiger partial charge is 0.407 e. The van der Waals surface area contributed by atoms with Crippen molar-refractivity contribution in [2.45, 2.75) is 70.6 Å². The Morgan fingerprint density at radius 2 is 1.64 bits per heavy atom. The van der Waals surface area contributed by atoms with E-state index < -0.39 is 41.7 Å². The molecule has 5 N–H and O–H groups in total. The number of hydrogen-bond donors (Lipinski definition) is 5. The molecule has 0 aliphatic carbocycles. The number of benzene rings is 2. The number of amides is 4. The number of urea groups is 1. The lowest BCUT2D eigenvalue weighted by atomic mass is 10.0. The minimum Gasteiger partial charge on any atom is -0.506 e. The molecule has 2 rings (SSSR count). The minimum atomic E-state index is -1.19. The summed E-state index contributed by atoms with van der Waals surface area (Å²) in [6.07, 6.45) is 0.987. The van der Waals surface area contributed by atoms with Gasteiger partial charge in [-0.2, -0.15) is 0 Å². The van der Waals surface area contributed by atoms with E-state index in [0.717, 1.165) is 10.5 Å². The first-order valence-electron chi connectivity index (χ1n) is 14.4. The van der Waals surface area contributed by atoms with Gasteiger partial charge in [0.15, 0.2) is 0 Å². The van der Waals surface area contributed by atoms with E-state index in [9.17, 15) is 29.4 Å². The fourth-order valence-corrected chi connectivity index (χ4v) is 5.66. The lowest BCUT2D eigenvalue weighted by Crippen LogP contribution is -2.55. The van der Waals surface area contributed by atoms with Crippen LogP contribution < -0.4 is 20.7 Å². The second kappa shape index (κ2) is 17.8. The maximum absolute atomic E-state index is 13.7. The fraction of sp³-hybridized carbons (Fsp3) is 0.484. The van der Waals surface area contributed by atoms with E-state index >= 15 is 0 Å². The van der Waals surface area contributed by atoms with Crippen molar-refractivity contribution < 1.29 is 38.9 Å². The molecule has 0 fully saturated rings. The van der Waals surface area contributed by atoms with Gasteiger partial charge in [-0.15, -0.1) is 0 Å². The number of nitrogens with one attached hydrogen (secondary N) is 3. The molecule has 4 amide bonds. The lowest BCUT2D eigenvalue weighted by Gasteiger charge is -2.29. The van der Waals surface area contributed by atoms with Crippen LogP contribution >= 0.6 is 31.9 Å². The van der Waals surface area contributed by atoms with E-state index in [2.05, 4.69) is 47.8 Å². The second-order valence-electron chi connectivity index (χ2n) is 11.4. The van der Waals surface area contributed by atoms with Gasteiger partial charge < -0.3 is 40.5 Å². The van der Waals surface area contributed by atoms with E-state index in [4.69, 9.17) is 9.47 Å². The number of unbranched alkanes of at least 4 members (excludes halogenated alkanes) is 1. The van der Waals surface area contributed by atoms with Crippen molar-refractivity contribution in [3.05, 3.63) is 56.5 Å². The number of alkyl carbamates (subject to hydrolysis) is 1. The number of rotatable bonds is 15. The van der Waals surface area contributed by atoms with Gasteiger partial charge >= 0.3 is 18.1 Å². The number of ether oxygens (including phenoxy) is 2. The van der Waals surface area contributed by atoms with Crippen LogP contribution in [0.15, 0.2) is 45.3 Å². The zero-order valence-corrected chi connectivity index (χ0v) is 29.3. The molecule has 0 saturated carbocycles. The number of carboxylic acids is 1. The van der Waals surface area contributed by atoms with Crippen LogP contribution in [0.25, 0.3) is 0 Å². The molecule has 0 radical (unpaired) electrons. The molecule has 248 valence electrons. The molecular weight excluding hydrogens is 716 g/mol. The standard InChI is InChI=1S/C31H42Br2N4O8/c1-31(2,3)45-30(43)35-13-7-6-11-25(28(40)41)37(4)27(39)24(18-20-16-22(32)26(38)23(33)17-20)36-29(42)34-14-12-19-9-8-10-21(15-19)44-5/h8-10,15-17,24-25,38H,6-7,11-14,18H2,1-5H3,(H,35,43)(H,40,41)(H2,34,36,42)/t24-,25+/m1/s1. The van der Waals surface area contributed by atoms with Gasteiger partial charge in [0.2, 0.25) is 5.91 Å². The molecule has 45 heavy (non-hydrogen) atoms. The highest BCUT2D eigenvalue weighted by Gasteiger charge is 2.32. The molecule has 12 nitrogen and oxygen atoms in total. The zero-order valence-electron chi connectivity index (χ0n) is 26.1. The summed E-state index contributed by atoms with van der Waals surface area (Å²) in [5.41, 5.74) is 0.923. The number of methoxy groups -OCH3 is 1. The first-order chi connectivity index (χ1) is 21.1. The third-order valence-corrected chi connectivity index (χ3v) is 7.84. The number of phenolic OH excluding ortho intramolecular Hbond substituents is 1. The third kappa shape index (κ3) is 13.2. The third-order valence-electron chi connectivity index (χ3n) is 6.63. The van der Waals surface area contributed by atoms with Crippen LogP contribution in [0.4, 0.5) is 9.59 Å². The highest BCUT2D eigenvalue weighted by atomic mass is 79.9. The minimum absolute atomic E-state index is 0.0194. The van der Waals surface area contributed by atoms with Crippen LogP contribution in [0.2, 0.25) is 0 Å². The zero-order chi connectivity index (χ0) is 33.7. The molecule has 0 saturated heterocycles. The summed E-state index contributed by atoms with van der Waals surface area (Å²) in [5, 5.41) is 28.1. The number of nitrogens with zero attached hydrogens (tertiary/aromatic N) is 1. The van der Waals surface area contributed by atoms with Crippen LogP contribution in [-0.2, 0) is 27.2 Å². The molecule has 0 aliphatic rings. The SMILES string of the molecule is COc1cccc(CCNC(=O)N[C@H](Cc2cc(Br)c(O)c(Br)c2)C(=O)N(C)[C@@H](CCCCNC(=O)OC(C)(C)C)C(=O)O)c1. The molecular formula is C31H42Br2N4O8. The van der Waals surface area contributed by atoms with Gasteiger partial charge in [0.25, 0.3) is 0 Å². The lowest BCUT2D eigenvalue weighted by molar-refractivity contribution is -0.150. The number of likely N-dealkylation sites (N-methyl/N-ethyl adjacent to an activating group) is 1. The Morgan fingerprint density at radius 1 is 0.978 bits per heavy atom. The predicted octanol–water partition coefficient (Wildman–Crippen LogP) is 4.99. The van der Waals surface area contributed by atoms with Crippen molar-refractivity contribution >= 4 is 55.9 Å². The highest BCUT2D eigenvalue weighted by molar-refractivity contribution is 9.11. The molecule has 14 heteroatoms. The van der Waals surface area contributed by atoms with E-state index in [1.54, 1.807) is 40.0 Å². The number of halogens is 2. The van der Waals surface area contributed by atoms with Crippen molar-refractivity contribution in [3.8, 4) is 11.5 Å². The Bertz CT molecular complexity index is 1310. The van der Waals surface area contributed by atoms with Crippen molar-refractivity contribution in [3.63, 3.8) is 0 Å². The molecule has 0 heterocycles. The molecule has 2 aromatic carbocycles. The Hall–Kier alpha value is -3.52. The predicted molar refractivity (Wildman–Crippen MR) is 177 cm³/mol. The molecule has 2 aromatic rings. The summed E-state index contributed by atoms with van der Waals surface area (Å²) in [5.74, 6) is -1.11. The van der Waals surface area contributed by atoms with Crippen molar-refractivity contribution in [2.75, 3.05) is 27.2 Å². The molecule has 0 bridgehead atoms. The molecule has 2 atom stereocenters. The molecule has 0 aliphatic heterocycles. The summed E-state index contributed by atoms with van der Waals surface area (Å²) in [6, 6.07) is 7.80. The average Bonchev–Trinajstić information content (AvgIpc) is 2.95. The van der Waals surface area contributed by atoms with Gasteiger partial charge in [0.05, 0.1) is 16.1 Å². The van der Waals surface area contributed by atoms with Crippen LogP contribution in [-0.4, -0.2) is 84.0 Å². The van der Waals surface area contributed by atoms with Crippen LogP contribution in [0, 0.1) is 0 Å². The van der Waals surface area contributed by atoms with E-state index in [-0.39, 0.29) is 31.7 Å². The van der Waals surface area contributed by atoms with Crippen LogP contribution in [0.1, 0.15) is 51.2 Å². The molecule has 0 unspecified atom stereocenters. The Kier molecular flexibility index (Phi) is 14.9. The fourth-order valence-electron chi connectivity index (χ4n) is 4.38. The monoisotopic (exact) mass is 756 g/mol. The first-order valence-corrected chi connectivity index (χ1v) is 16.0. The quantitative estimate of drug-likeness (QED) is 0.159. The Labute approximate surface area is 280 Å². The molecule has 0 spiro atoms. The summed E-state index contributed by atoms with van der Waals surface area (Å²) >= 11 is 6.56. The Morgan fingerprint density at radius 3 is 2.24 bits per heavy atom. The number of carbonyl (C=O) groups excluding carboxylic acids is 3. The summed E-state index contributed by atoms with van der Waals surface area (Å²) in [7, 11) is 2.96. The van der Waals surface area contributed by atoms with Gasteiger partial charge in [0, 0.05) is 26.6 Å². The van der Waals surface area contributed by atoms with Crippen LogP contribution in [0.3, 0.4) is 0 Å². The number of phenols is 1. The van der Waals surface area contributed by atoms with Gasteiger partial charge in [-0.3, -0.25) is 4.79 Å². The number of hydrogen-bond acceptors (Lipinski definition) is 7. The summed E-state index contributed by atoms with van der Waals surface area (Å²) in [4.78, 5) is 51.8. The number of carbonyl (C=O) groups is 4. The van der Waals surface area contributed by atoms with Crippen molar-refractivity contribution in [2.24, 2.45) is 0 Å². The van der Waals surface area contributed by atoms with Crippen molar-refractivity contribution in [1.29, 1.82) is 0 Å². The van der Waals surface area contributed by atoms with Gasteiger partial charge in [0.1, 0.15) is 29.2 Å². The average molecular weight is 759 g/mol. The Balaban J connectivity index is 2.10. The topological polar surface area (TPSA) is 167 Å².